The van der Waals surface area contributed by atoms with Crippen LogP contribution < -0.4 is 11.1 Å². The molecule has 38 heavy (non-hydrogen) atoms. The van der Waals surface area contributed by atoms with Gasteiger partial charge >= 0.3 is 0 Å². The summed E-state index contributed by atoms with van der Waals surface area (Å²) in [5, 5.41) is 12.8. The number of aryl methyl sites for hydroxylation is 1. The van der Waals surface area contributed by atoms with Crippen molar-refractivity contribution in [2.45, 2.75) is 30.7 Å². The molecule has 3 aromatic rings. The fraction of sp³-hybridized carbons (Fsp3) is 0.333. The van der Waals surface area contributed by atoms with Crippen molar-refractivity contribution in [1.82, 2.24) is 24.8 Å². The summed E-state index contributed by atoms with van der Waals surface area (Å²) in [7, 11) is 5.79. The summed E-state index contributed by atoms with van der Waals surface area (Å²) in [5.74, 6) is 0.519. The summed E-state index contributed by atoms with van der Waals surface area (Å²) >= 11 is 1.36. The van der Waals surface area contributed by atoms with E-state index in [1.807, 2.05) is 44.2 Å². The predicted octanol–water partition coefficient (Wildman–Crippen LogP) is 3.20. The minimum Gasteiger partial charge on any atom is -0.382 e. The van der Waals surface area contributed by atoms with E-state index in [4.69, 9.17) is 5.73 Å². The Bertz CT molecular complexity index is 1320. The van der Waals surface area contributed by atoms with E-state index >= 15 is 0 Å². The van der Waals surface area contributed by atoms with Crippen molar-refractivity contribution in [3.8, 4) is 17.3 Å². The van der Waals surface area contributed by atoms with E-state index in [0.717, 1.165) is 17.9 Å². The maximum atomic E-state index is 12.4. The number of thioether (sulfide) groups is 1. The number of nitriles is 1. The summed E-state index contributed by atoms with van der Waals surface area (Å²) in [6.07, 6.45) is 0.954. The monoisotopic (exact) mass is 532 g/mol. The summed E-state index contributed by atoms with van der Waals surface area (Å²) in [5.41, 5.74) is 9.72. The van der Waals surface area contributed by atoms with Gasteiger partial charge in [-0.2, -0.15) is 5.26 Å². The number of aromatic nitrogens is 3. The number of nitrogens with two attached hydrogens (primary N) is 1. The number of hydrogen-bond donors (Lipinski definition) is 2. The number of nitrogens with one attached hydrogen (secondary N) is 1. The molecule has 0 aliphatic heterocycles. The molecule has 0 radical (unpaired) electrons. The maximum absolute atomic E-state index is 12.4. The lowest BCUT2D eigenvalue weighted by atomic mass is 10.1. The van der Waals surface area contributed by atoms with Crippen molar-refractivity contribution in [2.24, 2.45) is 0 Å². The van der Waals surface area contributed by atoms with Crippen LogP contribution in [-0.4, -0.2) is 70.8 Å². The number of carbonyl (C=O) groups is 2. The molecule has 2 amide bonds. The molecule has 0 fully saturated rings. The normalized spacial score (nSPS) is 10.7. The first kappa shape index (κ1) is 28.6. The molecule has 0 aliphatic carbocycles. The molecule has 0 atom stereocenters. The SMILES string of the molecule is CC(=O)Nc1ccc(-c2nc(SCc3cccc(CCC(=O)N(C)CCN(C)C)n3)nc(N)c2C#N)cc1. The van der Waals surface area contributed by atoms with Gasteiger partial charge in [-0.25, -0.2) is 9.97 Å². The number of nitrogen functional groups attached to an aromatic ring is 1. The Morgan fingerprint density at radius 2 is 1.74 bits per heavy atom. The number of rotatable bonds is 11. The lowest BCUT2D eigenvalue weighted by Crippen LogP contribution is -2.33. The minimum absolute atomic E-state index is 0.0903. The van der Waals surface area contributed by atoms with Gasteiger partial charge in [0.05, 0.1) is 11.4 Å². The van der Waals surface area contributed by atoms with Crippen LogP contribution in [0.3, 0.4) is 0 Å². The fourth-order valence-electron chi connectivity index (χ4n) is 3.54. The Morgan fingerprint density at radius 3 is 2.39 bits per heavy atom. The van der Waals surface area contributed by atoms with E-state index in [1.165, 1.54) is 18.7 Å². The lowest BCUT2D eigenvalue weighted by Gasteiger charge is -2.19. The van der Waals surface area contributed by atoms with Crippen LogP contribution in [-0.2, 0) is 21.8 Å². The van der Waals surface area contributed by atoms with Crippen molar-refractivity contribution >= 4 is 35.1 Å². The molecule has 0 unspecified atom stereocenters. The second-order valence-corrected chi connectivity index (χ2v) is 9.96. The molecule has 0 saturated heterocycles. The highest BCUT2D eigenvalue weighted by Crippen LogP contribution is 2.29. The third kappa shape index (κ3) is 8.26. The number of anilines is 2. The molecule has 1 aromatic carbocycles. The van der Waals surface area contributed by atoms with Crippen LogP contribution in [0.5, 0.6) is 0 Å². The average molecular weight is 533 g/mol. The average Bonchev–Trinajstić information content (AvgIpc) is 2.89. The van der Waals surface area contributed by atoms with Crippen molar-refractivity contribution in [1.29, 1.82) is 5.26 Å². The van der Waals surface area contributed by atoms with Crippen LogP contribution in [0.25, 0.3) is 11.3 Å². The van der Waals surface area contributed by atoms with Crippen LogP contribution in [0.2, 0.25) is 0 Å². The summed E-state index contributed by atoms with van der Waals surface area (Å²) in [6.45, 7) is 2.94. The zero-order valence-corrected chi connectivity index (χ0v) is 22.9. The summed E-state index contributed by atoms with van der Waals surface area (Å²) < 4.78 is 0. The minimum atomic E-state index is -0.169. The van der Waals surface area contributed by atoms with Gasteiger partial charge in [-0.3, -0.25) is 14.6 Å². The number of pyridine rings is 1. The van der Waals surface area contributed by atoms with Gasteiger partial charge in [0.1, 0.15) is 17.5 Å². The standard InChI is InChI=1S/C27H32N8O2S/c1-18(36)30-21-10-8-19(9-11-21)25-23(16-28)26(29)33-27(32-25)38-17-22-7-5-6-20(31-22)12-13-24(37)35(4)15-14-34(2)3/h5-11H,12-15,17H2,1-4H3,(H,30,36)(H2,29,32,33). The van der Waals surface area contributed by atoms with Gasteiger partial charge in [-0.15, -0.1) is 0 Å². The van der Waals surface area contributed by atoms with Crippen molar-refractivity contribution in [3.05, 3.63) is 59.4 Å². The highest BCUT2D eigenvalue weighted by atomic mass is 32.2. The number of nitrogens with zero attached hydrogens (tertiary/aromatic N) is 6. The van der Waals surface area contributed by atoms with E-state index < -0.39 is 0 Å². The zero-order chi connectivity index (χ0) is 27.7. The first-order chi connectivity index (χ1) is 18.2. The van der Waals surface area contributed by atoms with E-state index in [2.05, 4.69) is 26.3 Å². The Morgan fingerprint density at radius 1 is 1.03 bits per heavy atom. The Hall–Kier alpha value is -4.01. The van der Waals surface area contributed by atoms with Gasteiger partial charge in [0.2, 0.25) is 11.8 Å². The topological polar surface area (TPSA) is 141 Å². The Balaban J connectivity index is 1.68. The van der Waals surface area contributed by atoms with E-state index in [9.17, 15) is 14.9 Å². The van der Waals surface area contributed by atoms with Gasteiger partial charge in [-0.05, 0) is 44.8 Å². The smallest absolute Gasteiger partial charge is 0.222 e. The molecule has 3 rings (SSSR count). The molecule has 10 nitrogen and oxygen atoms in total. The summed E-state index contributed by atoms with van der Waals surface area (Å²) in [6, 6.07) is 14.9. The van der Waals surface area contributed by atoms with Crippen LogP contribution in [0.4, 0.5) is 11.5 Å². The van der Waals surface area contributed by atoms with Gasteiger partial charge in [0.15, 0.2) is 5.16 Å². The molecule has 2 heterocycles. The fourth-order valence-corrected chi connectivity index (χ4v) is 4.30. The molecule has 11 heteroatoms. The number of likely N-dealkylation sites (N-methyl/N-ethyl adjacent to an activating group) is 2. The number of hydrogen-bond acceptors (Lipinski definition) is 9. The third-order valence-corrected chi connectivity index (χ3v) is 6.50. The molecule has 0 aliphatic rings. The highest BCUT2D eigenvalue weighted by molar-refractivity contribution is 7.98. The lowest BCUT2D eigenvalue weighted by molar-refractivity contribution is -0.130. The van der Waals surface area contributed by atoms with Crippen LogP contribution >= 0.6 is 11.8 Å². The van der Waals surface area contributed by atoms with Gasteiger partial charge in [-0.1, -0.05) is 30.0 Å². The van der Waals surface area contributed by atoms with Gasteiger partial charge < -0.3 is 20.9 Å². The second-order valence-electron chi connectivity index (χ2n) is 9.01. The maximum Gasteiger partial charge on any atom is 0.222 e. The second kappa shape index (κ2) is 13.5. The van der Waals surface area contributed by atoms with Crippen molar-refractivity contribution < 1.29 is 9.59 Å². The molecule has 2 aromatic heterocycles. The largest absolute Gasteiger partial charge is 0.382 e. The molecule has 198 valence electrons. The van der Waals surface area contributed by atoms with Crippen molar-refractivity contribution in [2.75, 3.05) is 45.3 Å². The number of carbonyl (C=O) groups excluding carboxylic acids is 2. The number of amides is 2. The first-order valence-corrected chi connectivity index (χ1v) is 13.1. The molecule has 0 saturated carbocycles. The van der Waals surface area contributed by atoms with Crippen LogP contribution in [0, 0.1) is 11.3 Å². The highest BCUT2D eigenvalue weighted by Gasteiger charge is 2.15. The Kier molecular flexibility index (Phi) is 10.2. The van der Waals surface area contributed by atoms with Crippen LogP contribution in [0.15, 0.2) is 47.6 Å². The van der Waals surface area contributed by atoms with Crippen molar-refractivity contribution in [3.63, 3.8) is 0 Å². The van der Waals surface area contributed by atoms with Gasteiger partial charge in [0, 0.05) is 56.2 Å². The molecule has 3 N–H and O–H groups in total. The molecule has 0 bridgehead atoms. The molecular weight excluding hydrogens is 500 g/mol. The van der Waals surface area contributed by atoms with E-state index in [-0.39, 0.29) is 23.2 Å². The quantitative estimate of drug-likeness (QED) is 0.281. The number of benzene rings is 1. The molecular formula is C27H32N8O2S. The zero-order valence-electron chi connectivity index (χ0n) is 22.1. The van der Waals surface area contributed by atoms with Crippen LogP contribution in [0.1, 0.15) is 30.3 Å². The summed E-state index contributed by atoms with van der Waals surface area (Å²) in [4.78, 5) is 41.1. The first-order valence-electron chi connectivity index (χ1n) is 12.1. The van der Waals surface area contributed by atoms with Gasteiger partial charge in [0.25, 0.3) is 0 Å². The molecule has 0 spiro atoms. The van der Waals surface area contributed by atoms with E-state index in [0.29, 0.717) is 47.2 Å². The third-order valence-electron chi connectivity index (χ3n) is 5.62. The predicted molar refractivity (Wildman–Crippen MR) is 149 cm³/mol. The Labute approximate surface area is 227 Å². The van der Waals surface area contributed by atoms with E-state index in [1.54, 1.807) is 29.2 Å².